The molecule has 82 valence electrons. The number of nitrogens with zero attached hydrogens (tertiary/aromatic N) is 2. The van der Waals surface area contributed by atoms with Crippen molar-refractivity contribution >= 4 is 33.2 Å². The van der Waals surface area contributed by atoms with Gasteiger partial charge >= 0.3 is 0 Å². The lowest BCUT2D eigenvalue weighted by Crippen LogP contribution is -2.28. The third-order valence-electron chi connectivity index (χ3n) is 2.73. The van der Waals surface area contributed by atoms with E-state index in [4.69, 9.17) is 0 Å². The molecule has 1 unspecified atom stereocenters. The van der Waals surface area contributed by atoms with Crippen molar-refractivity contribution in [3.63, 3.8) is 0 Å². The van der Waals surface area contributed by atoms with Crippen LogP contribution in [0.1, 0.15) is 21.8 Å². The first kappa shape index (κ1) is 11.1. The minimum atomic E-state index is 0.151. The molecule has 1 aromatic rings. The Morgan fingerprint density at radius 1 is 1.80 bits per heavy atom. The molecule has 0 saturated carbocycles. The fourth-order valence-corrected chi connectivity index (χ4v) is 3.09. The van der Waals surface area contributed by atoms with Gasteiger partial charge in [0.2, 0.25) is 0 Å². The normalized spacial score (nSPS) is 20.9. The predicted octanol–water partition coefficient (Wildman–Crippen LogP) is 2.31. The van der Waals surface area contributed by atoms with Gasteiger partial charge in [-0.3, -0.25) is 4.79 Å². The standard InChI is InChI=1S/C10H13BrN2OS/c1-7-9(15-6-12-7)10(14)13-3-2-8(4-11)5-13/h6,8H,2-5H2,1H3. The number of carbonyl (C=O) groups is 1. The summed E-state index contributed by atoms with van der Waals surface area (Å²) >= 11 is 4.91. The van der Waals surface area contributed by atoms with Gasteiger partial charge in [-0.15, -0.1) is 11.3 Å². The van der Waals surface area contributed by atoms with Gasteiger partial charge in [-0.2, -0.15) is 0 Å². The molecule has 1 aliphatic heterocycles. The van der Waals surface area contributed by atoms with Crippen molar-refractivity contribution in [2.45, 2.75) is 13.3 Å². The van der Waals surface area contributed by atoms with Crippen LogP contribution in [-0.4, -0.2) is 34.2 Å². The molecule has 1 aromatic heterocycles. The number of hydrogen-bond donors (Lipinski definition) is 0. The third kappa shape index (κ3) is 2.23. The van der Waals surface area contributed by atoms with Gasteiger partial charge in [-0.25, -0.2) is 4.98 Å². The highest BCUT2D eigenvalue weighted by atomic mass is 79.9. The molecule has 1 atom stereocenters. The van der Waals surface area contributed by atoms with E-state index in [-0.39, 0.29) is 5.91 Å². The summed E-state index contributed by atoms with van der Waals surface area (Å²) in [7, 11) is 0. The van der Waals surface area contributed by atoms with Crippen LogP contribution in [0.25, 0.3) is 0 Å². The fourth-order valence-electron chi connectivity index (χ4n) is 1.79. The van der Waals surface area contributed by atoms with Crippen LogP contribution in [0.5, 0.6) is 0 Å². The Labute approximate surface area is 102 Å². The molecule has 0 aromatic carbocycles. The molecule has 5 heteroatoms. The van der Waals surface area contributed by atoms with Crippen molar-refractivity contribution < 1.29 is 4.79 Å². The number of thiazole rings is 1. The molecule has 2 rings (SSSR count). The van der Waals surface area contributed by atoms with Gasteiger partial charge in [0.05, 0.1) is 11.2 Å². The Morgan fingerprint density at radius 2 is 2.60 bits per heavy atom. The van der Waals surface area contributed by atoms with Gasteiger partial charge in [-0.1, -0.05) is 15.9 Å². The number of aromatic nitrogens is 1. The Bertz CT molecular complexity index is 366. The van der Waals surface area contributed by atoms with E-state index >= 15 is 0 Å². The zero-order valence-corrected chi connectivity index (χ0v) is 11.0. The topological polar surface area (TPSA) is 33.2 Å². The summed E-state index contributed by atoms with van der Waals surface area (Å²) in [5, 5.41) is 0.985. The summed E-state index contributed by atoms with van der Waals surface area (Å²) in [4.78, 5) is 18.9. The summed E-state index contributed by atoms with van der Waals surface area (Å²) in [5.41, 5.74) is 2.59. The maximum absolute atomic E-state index is 12.1. The molecule has 2 heterocycles. The largest absolute Gasteiger partial charge is 0.338 e. The fraction of sp³-hybridized carbons (Fsp3) is 0.600. The van der Waals surface area contributed by atoms with Gasteiger partial charge < -0.3 is 4.90 Å². The van der Waals surface area contributed by atoms with Gasteiger partial charge in [0.25, 0.3) is 5.91 Å². The van der Waals surface area contributed by atoms with E-state index in [9.17, 15) is 4.79 Å². The van der Waals surface area contributed by atoms with E-state index in [1.165, 1.54) is 11.3 Å². The first-order valence-electron chi connectivity index (χ1n) is 4.97. The Hall–Kier alpha value is -0.420. The summed E-state index contributed by atoms with van der Waals surface area (Å²) < 4.78 is 0. The lowest BCUT2D eigenvalue weighted by molar-refractivity contribution is 0.0792. The number of rotatable bonds is 2. The van der Waals surface area contributed by atoms with E-state index in [1.54, 1.807) is 5.51 Å². The molecule has 0 bridgehead atoms. The molecule has 1 saturated heterocycles. The lowest BCUT2D eigenvalue weighted by Gasteiger charge is -2.15. The zero-order chi connectivity index (χ0) is 10.8. The van der Waals surface area contributed by atoms with Crippen LogP contribution in [-0.2, 0) is 0 Å². The van der Waals surface area contributed by atoms with E-state index in [0.717, 1.165) is 35.4 Å². The van der Waals surface area contributed by atoms with Crippen molar-refractivity contribution in [2.75, 3.05) is 18.4 Å². The molecular weight excluding hydrogens is 276 g/mol. The summed E-state index contributed by atoms with van der Waals surface area (Å²) in [6.45, 7) is 3.65. The maximum atomic E-state index is 12.1. The number of carbonyl (C=O) groups excluding carboxylic acids is 1. The van der Waals surface area contributed by atoms with Crippen LogP contribution in [0, 0.1) is 12.8 Å². The molecule has 3 nitrogen and oxygen atoms in total. The van der Waals surface area contributed by atoms with Gasteiger partial charge in [0.15, 0.2) is 0 Å². The smallest absolute Gasteiger partial charge is 0.265 e. The average Bonchev–Trinajstić information content (AvgIpc) is 2.84. The molecule has 0 radical (unpaired) electrons. The van der Waals surface area contributed by atoms with Crippen molar-refractivity contribution in [1.82, 2.24) is 9.88 Å². The molecule has 0 N–H and O–H groups in total. The molecule has 1 aliphatic rings. The molecule has 0 aliphatic carbocycles. The third-order valence-corrected chi connectivity index (χ3v) is 4.56. The predicted molar refractivity (Wildman–Crippen MR) is 64.7 cm³/mol. The van der Waals surface area contributed by atoms with Crippen LogP contribution in [0.3, 0.4) is 0 Å². The van der Waals surface area contributed by atoms with E-state index in [1.807, 2.05) is 11.8 Å². The number of amides is 1. The lowest BCUT2D eigenvalue weighted by atomic mass is 10.2. The number of halogens is 1. The Morgan fingerprint density at radius 3 is 3.13 bits per heavy atom. The van der Waals surface area contributed by atoms with Crippen molar-refractivity contribution in [1.29, 1.82) is 0 Å². The SMILES string of the molecule is Cc1ncsc1C(=O)N1CCC(CBr)C1. The zero-order valence-electron chi connectivity index (χ0n) is 8.57. The second-order valence-corrected chi connectivity index (χ2v) is 5.33. The van der Waals surface area contributed by atoms with E-state index in [2.05, 4.69) is 20.9 Å². The second-order valence-electron chi connectivity index (χ2n) is 3.83. The maximum Gasteiger partial charge on any atom is 0.265 e. The van der Waals surface area contributed by atoms with Crippen molar-refractivity contribution in [3.05, 3.63) is 16.1 Å². The highest BCUT2D eigenvalue weighted by molar-refractivity contribution is 9.09. The number of hydrogen-bond acceptors (Lipinski definition) is 3. The van der Waals surface area contributed by atoms with Gasteiger partial charge in [0.1, 0.15) is 4.88 Å². The van der Waals surface area contributed by atoms with Gasteiger partial charge in [-0.05, 0) is 19.3 Å². The number of likely N-dealkylation sites (tertiary alicyclic amines) is 1. The van der Waals surface area contributed by atoms with Crippen LogP contribution < -0.4 is 0 Å². The number of aryl methyl sites for hydroxylation is 1. The van der Waals surface area contributed by atoms with Gasteiger partial charge in [0, 0.05) is 18.4 Å². The van der Waals surface area contributed by atoms with Crippen molar-refractivity contribution in [2.24, 2.45) is 5.92 Å². The molecule has 1 fully saturated rings. The monoisotopic (exact) mass is 288 g/mol. The second kappa shape index (κ2) is 4.61. The minimum absolute atomic E-state index is 0.151. The molecular formula is C10H13BrN2OS. The molecule has 15 heavy (non-hydrogen) atoms. The Balaban J connectivity index is 2.07. The Kier molecular flexibility index (Phi) is 3.41. The highest BCUT2D eigenvalue weighted by Crippen LogP contribution is 2.22. The number of alkyl halides is 1. The summed E-state index contributed by atoms with van der Waals surface area (Å²) in [5.74, 6) is 0.764. The molecule has 1 amide bonds. The molecule has 0 spiro atoms. The van der Waals surface area contributed by atoms with Crippen LogP contribution in [0.15, 0.2) is 5.51 Å². The van der Waals surface area contributed by atoms with E-state index in [0.29, 0.717) is 5.92 Å². The summed E-state index contributed by atoms with van der Waals surface area (Å²) in [6, 6.07) is 0. The highest BCUT2D eigenvalue weighted by Gasteiger charge is 2.27. The van der Waals surface area contributed by atoms with Crippen LogP contribution >= 0.6 is 27.3 Å². The summed E-state index contributed by atoms with van der Waals surface area (Å²) in [6.07, 6.45) is 1.11. The average molecular weight is 289 g/mol. The van der Waals surface area contributed by atoms with Crippen LogP contribution in [0.4, 0.5) is 0 Å². The van der Waals surface area contributed by atoms with Crippen LogP contribution in [0.2, 0.25) is 0 Å². The quantitative estimate of drug-likeness (QED) is 0.783. The first-order valence-corrected chi connectivity index (χ1v) is 6.97. The van der Waals surface area contributed by atoms with E-state index < -0.39 is 0 Å². The first-order chi connectivity index (χ1) is 7.22. The minimum Gasteiger partial charge on any atom is -0.338 e. The van der Waals surface area contributed by atoms with Crippen molar-refractivity contribution in [3.8, 4) is 0 Å².